The highest BCUT2D eigenvalue weighted by Crippen LogP contribution is 2.29. The van der Waals surface area contributed by atoms with Crippen LogP contribution in [0.15, 0.2) is 36.4 Å². The quantitative estimate of drug-likeness (QED) is 0.404. The van der Waals surface area contributed by atoms with E-state index in [9.17, 15) is 18.4 Å². The lowest BCUT2D eigenvalue weighted by Crippen LogP contribution is -2.37. The van der Waals surface area contributed by atoms with Crippen LogP contribution in [0.2, 0.25) is 0 Å². The average molecular weight is 431 g/mol. The Kier molecular flexibility index (Phi) is 8.12. The third-order valence-corrected chi connectivity index (χ3v) is 3.58. The second-order valence-corrected chi connectivity index (χ2v) is 7.21. The van der Waals surface area contributed by atoms with Crippen LogP contribution in [-0.2, 0) is 14.3 Å². The standard InChI is InChI=1S/C16H16Cl3F2NO4/c1-3-26-14(24)15(20,21)9-8-12(22-13(23)16(17,18)19)10-4-6-11(25-2)7-5-10/h4-9,12H,3H2,1-2H3,(H,22,23)/b9-8+. The number of ether oxygens (including phenoxy) is 2. The lowest BCUT2D eigenvalue weighted by molar-refractivity contribution is -0.164. The monoisotopic (exact) mass is 429 g/mol. The van der Waals surface area contributed by atoms with Crippen LogP contribution in [0.3, 0.4) is 0 Å². The molecule has 0 fully saturated rings. The average Bonchev–Trinajstić information content (AvgIpc) is 2.57. The van der Waals surface area contributed by atoms with Crippen LogP contribution < -0.4 is 10.1 Å². The van der Waals surface area contributed by atoms with Crippen molar-refractivity contribution >= 4 is 46.7 Å². The first-order valence-corrected chi connectivity index (χ1v) is 8.40. The topological polar surface area (TPSA) is 64.6 Å². The fraction of sp³-hybridized carbons (Fsp3) is 0.375. The Morgan fingerprint density at radius 1 is 1.23 bits per heavy atom. The fourth-order valence-electron chi connectivity index (χ4n) is 1.79. The second kappa shape index (κ2) is 9.39. The predicted molar refractivity (Wildman–Crippen MR) is 94.9 cm³/mol. The summed E-state index contributed by atoms with van der Waals surface area (Å²) in [5, 5.41) is 2.31. The van der Waals surface area contributed by atoms with Crippen molar-refractivity contribution in [2.45, 2.75) is 22.7 Å². The number of benzene rings is 1. The smallest absolute Gasteiger partial charge is 0.381 e. The van der Waals surface area contributed by atoms with E-state index in [1.165, 1.54) is 26.2 Å². The molecule has 0 bridgehead atoms. The van der Waals surface area contributed by atoms with Gasteiger partial charge in [-0.05, 0) is 30.7 Å². The molecule has 1 amide bonds. The Labute approximate surface area is 164 Å². The number of methoxy groups -OCH3 is 1. The van der Waals surface area contributed by atoms with Gasteiger partial charge in [0.15, 0.2) is 0 Å². The van der Waals surface area contributed by atoms with Crippen LogP contribution in [0.4, 0.5) is 8.78 Å². The molecule has 0 aliphatic rings. The molecular weight excluding hydrogens is 415 g/mol. The number of hydrogen-bond acceptors (Lipinski definition) is 4. The Bertz CT molecular complexity index is 660. The minimum atomic E-state index is -3.88. The number of rotatable bonds is 7. The van der Waals surface area contributed by atoms with E-state index in [1.54, 1.807) is 12.1 Å². The Morgan fingerprint density at radius 2 is 1.81 bits per heavy atom. The maximum absolute atomic E-state index is 13.8. The number of esters is 1. The number of halogens is 5. The van der Waals surface area contributed by atoms with Gasteiger partial charge < -0.3 is 14.8 Å². The van der Waals surface area contributed by atoms with Gasteiger partial charge in [0.05, 0.1) is 19.8 Å². The van der Waals surface area contributed by atoms with E-state index in [1.807, 2.05) is 0 Å². The van der Waals surface area contributed by atoms with Gasteiger partial charge in [-0.1, -0.05) is 53.0 Å². The number of alkyl halides is 5. The van der Waals surface area contributed by atoms with Crippen LogP contribution in [0.25, 0.3) is 0 Å². The summed E-state index contributed by atoms with van der Waals surface area (Å²) in [4.78, 5) is 23.2. The van der Waals surface area contributed by atoms with Gasteiger partial charge in [-0.3, -0.25) is 4.79 Å². The van der Waals surface area contributed by atoms with Crippen molar-refractivity contribution in [2.75, 3.05) is 13.7 Å². The molecule has 0 spiro atoms. The van der Waals surface area contributed by atoms with Crippen molar-refractivity contribution in [1.82, 2.24) is 5.32 Å². The van der Waals surface area contributed by atoms with Gasteiger partial charge in [-0.15, -0.1) is 0 Å². The van der Waals surface area contributed by atoms with Crippen LogP contribution in [-0.4, -0.2) is 35.3 Å². The van der Waals surface area contributed by atoms with Crippen molar-refractivity contribution in [3.8, 4) is 5.75 Å². The lowest BCUT2D eigenvalue weighted by atomic mass is 10.1. The largest absolute Gasteiger partial charge is 0.497 e. The highest BCUT2D eigenvalue weighted by molar-refractivity contribution is 6.76. The highest BCUT2D eigenvalue weighted by Gasteiger charge is 2.38. The highest BCUT2D eigenvalue weighted by atomic mass is 35.6. The van der Waals surface area contributed by atoms with Crippen molar-refractivity contribution in [2.24, 2.45) is 0 Å². The number of hydrogen-bond donors (Lipinski definition) is 1. The van der Waals surface area contributed by atoms with Gasteiger partial charge in [-0.2, -0.15) is 8.78 Å². The molecule has 1 rings (SSSR count). The zero-order valence-corrected chi connectivity index (χ0v) is 16.0. The maximum Gasteiger partial charge on any atom is 0.381 e. The van der Waals surface area contributed by atoms with Gasteiger partial charge in [0.25, 0.3) is 9.70 Å². The number of nitrogens with one attached hydrogen (secondary N) is 1. The molecule has 0 saturated heterocycles. The first-order valence-electron chi connectivity index (χ1n) is 7.27. The van der Waals surface area contributed by atoms with Gasteiger partial charge >= 0.3 is 11.9 Å². The van der Waals surface area contributed by atoms with Gasteiger partial charge in [0.1, 0.15) is 5.75 Å². The fourth-order valence-corrected chi connectivity index (χ4v) is 1.95. The predicted octanol–water partition coefficient (Wildman–Crippen LogP) is 3.98. The molecule has 10 heteroatoms. The number of amides is 1. The van der Waals surface area contributed by atoms with E-state index >= 15 is 0 Å². The summed E-state index contributed by atoms with van der Waals surface area (Å²) in [6, 6.07) is 5.07. The zero-order chi connectivity index (χ0) is 20.0. The molecule has 0 aliphatic heterocycles. The van der Waals surface area contributed by atoms with Crippen molar-refractivity contribution in [3.05, 3.63) is 42.0 Å². The summed E-state index contributed by atoms with van der Waals surface area (Å²) in [7, 11) is 1.46. The first kappa shape index (κ1) is 22.5. The van der Waals surface area contributed by atoms with E-state index < -0.39 is 27.6 Å². The molecule has 26 heavy (non-hydrogen) atoms. The molecule has 1 aromatic rings. The van der Waals surface area contributed by atoms with Crippen LogP contribution in [0, 0.1) is 0 Å². The first-order chi connectivity index (χ1) is 12.0. The van der Waals surface area contributed by atoms with E-state index in [4.69, 9.17) is 39.5 Å². The van der Waals surface area contributed by atoms with E-state index in [2.05, 4.69) is 10.1 Å². The van der Waals surface area contributed by atoms with Gasteiger partial charge in [0, 0.05) is 0 Å². The molecule has 0 heterocycles. The molecule has 1 N–H and O–H groups in total. The minimum Gasteiger partial charge on any atom is -0.497 e. The summed E-state index contributed by atoms with van der Waals surface area (Å²) in [5.41, 5.74) is 0.393. The summed E-state index contributed by atoms with van der Waals surface area (Å²) in [6.45, 7) is 1.20. The lowest BCUT2D eigenvalue weighted by Gasteiger charge is -2.20. The molecule has 0 saturated carbocycles. The maximum atomic E-state index is 13.8. The molecule has 144 valence electrons. The van der Waals surface area contributed by atoms with Crippen LogP contribution in [0.1, 0.15) is 18.5 Å². The molecule has 0 aliphatic carbocycles. The Morgan fingerprint density at radius 3 is 2.27 bits per heavy atom. The Hall–Kier alpha value is -1.57. The summed E-state index contributed by atoms with van der Waals surface area (Å²) in [5.74, 6) is -6.10. The summed E-state index contributed by atoms with van der Waals surface area (Å²) < 4.78 is 34.6. The molecule has 1 atom stereocenters. The third-order valence-electron chi connectivity index (χ3n) is 3.06. The van der Waals surface area contributed by atoms with Crippen LogP contribution in [0.5, 0.6) is 5.75 Å². The van der Waals surface area contributed by atoms with Gasteiger partial charge in [-0.25, -0.2) is 4.79 Å². The molecule has 1 aromatic carbocycles. The minimum absolute atomic E-state index is 0.200. The molecule has 0 radical (unpaired) electrons. The second-order valence-electron chi connectivity index (χ2n) is 4.92. The van der Waals surface area contributed by atoms with Crippen LogP contribution >= 0.6 is 34.8 Å². The Balaban J connectivity index is 3.12. The normalized spacial score (nSPS) is 13.3. The zero-order valence-electron chi connectivity index (χ0n) is 13.8. The van der Waals surface area contributed by atoms with Crippen molar-refractivity contribution < 1.29 is 27.8 Å². The van der Waals surface area contributed by atoms with E-state index in [0.29, 0.717) is 17.4 Å². The van der Waals surface area contributed by atoms with Crippen molar-refractivity contribution in [3.63, 3.8) is 0 Å². The van der Waals surface area contributed by atoms with E-state index in [-0.39, 0.29) is 6.61 Å². The molecule has 5 nitrogen and oxygen atoms in total. The number of carbonyl (C=O) groups excluding carboxylic acids is 2. The summed E-state index contributed by atoms with van der Waals surface area (Å²) in [6.07, 6.45) is 1.23. The molecule has 1 unspecified atom stereocenters. The summed E-state index contributed by atoms with van der Waals surface area (Å²) >= 11 is 16.5. The third kappa shape index (κ3) is 6.63. The van der Waals surface area contributed by atoms with E-state index in [0.717, 1.165) is 6.08 Å². The van der Waals surface area contributed by atoms with Crippen molar-refractivity contribution in [1.29, 1.82) is 0 Å². The molecular formula is C16H16Cl3F2NO4. The van der Waals surface area contributed by atoms with Gasteiger partial charge in [0.2, 0.25) is 0 Å². The molecule has 0 aromatic heterocycles. The number of carbonyl (C=O) groups is 2. The SMILES string of the molecule is CCOC(=O)C(F)(F)/C=C/C(NC(=O)C(Cl)(Cl)Cl)c1ccc(OC)cc1.